The molecule has 0 saturated carbocycles. The molecule has 0 aliphatic heterocycles. The lowest BCUT2D eigenvalue weighted by Crippen LogP contribution is -2.28. The van der Waals surface area contributed by atoms with E-state index in [0.717, 1.165) is 0 Å². The van der Waals surface area contributed by atoms with E-state index in [1.807, 2.05) is 0 Å². The highest BCUT2D eigenvalue weighted by atomic mass is 35.5. The standard InChI is InChI=1S/C10H8Cl2N4O2/c11-7-1-2-9(8(12)5-7)18-6-10(17)14-16-4-3-13-15-16/h1-5H,6H2,(H,14,17). The Labute approximate surface area is 112 Å². The number of halogens is 2. The van der Waals surface area contributed by atoms with Crippen molar-refractivity contribution >= 4 is 29.1 Å². The molecule has 0 aliphatic carbocycles. The number of ether oxygens (including phenoxy) is 1. The van der Waals surface area contributed by atoms with Crippen LogP contribution < -0.4 is 10.2 Å². The zero-order valence-electron chi connectivity index (χ0n) is 9.01. The van der Waals surface area contributed by atoms with Crippen LogP contribution in [0.25, 0.3) is 0 Å². The molecule has 1 heterocycles. The molecule has 0 unspecified atom stereocenters. The summed E-state index contributed by atoms with van der Waals surface area (Å²) in [7, 11) is 0. The van der Waals surface area contributed by atoms with Crippen LogP contribution in [-0.2, 0) is 4.79 Å². The van der Waals surface area contributed by atoms with Gasteiger partial charge in [-0.2, -0.15) is 4.79 Å². The van der Waals surface area contributed by atoms with E-state index >= 15 is 0 Å². The van der Waals surface area contributed by atoms with Gasteiger partial charge in [-0.15, -0.1) is 5.10 Å². The zero-order chi connectivity index (χ0) is 13.0. The van der Waals surface area contributed by atoms with Gasteiger partial charge in [0, 0.05) is 5.02 Å². The Morgan fingerprint density at radius 1 is 1.44 bits per heavy atom. The largest absolute Gasteiger partial charge is 0.482 e. The molecular weight excluding hydrogens is 279 g/mol. The van der Waals surface area contributed by atoms with Gasteiger partial charge in [0.2, 0.25) is 0 Å². The molecule has 18 heavy (non-hydrogen) atoms. The molecule has 6 nitrogen and oxygen atoms in total. The van der Waals surface area contributed by atoms with Crippen LogP contribution >= 0.6 is 23.2 Å². The Bertz CT molecular complexity index is 545. The minimum absolute atomic E-state index is 0.193. The zero-order valence-corrected chi connectivity index (χ0v) is 10.5. The molecule has 0 atom stereocenters. The van der Waals surface area contributed by atoms with Crippen molar-refractivity contribution in [1.29, 1.82) is 0 Å². The predicted octanol–water partition coefficient (Wildman–Crippen LogP) is 1.73. The molecule has 0 saturated heterocycles. The average Bonchev–Trinajstić information content (AvgIpc) is 2.80. The number of rotatable bonds is 4. The van der Waals surface area contributed by atoms with Gasteiger partial charge in [-0.05, 0) is 23.4 Å². The molecule has 0 fully saturated rings. The lowest BCUT2D eigenvalue weighted by molar-refractivity contribution is -0.119. The second-order valence-corrected chi connectivity index (χ2v) is 4.09. The highest BCUT2D eigenvalue weighted by Crippen LogP contribution is 2.27. The number of amides is 1. The molecular formula is C10H8Cl2N4O2. The third kappa shape index (κ3) is 3.35. The molecule has 0 bridgehead atoms. The van der Waals surface area contributed by atoms with Crippen molar-refractivity contribution in [2.45, 2.75) is 0 Å². The molecule has 0 spiro atoms. The summed E-state index contributed by atoms with van der Waals surface area (Å²) < 4.78 is 5.24. The highest BCUT2D eigenvalue weighted by Gasteiger charge is 2.06. The normalized spacial score (nSPS) is 10.1. The van der Waals surface area contributed by atoms with Crippen LogP contribution in [0.1, 0.15) is 0 Å². The quantitative estimate of drug-likeness (QED) is 0.929. The Morgan fingerprint density at radius 3 is 2.94 bits per heavy atom. The third-order valence-corrected chi connectivity index (χ3v) is 2.44. The van der Waals surface area contributed by atoms with Crippen LogP contribution in [0.15, 0.2) is 30.6 Å². The summed E-state index contributed by atoms with van der Waals surface area (Å²) in [5.41, 5.74) is 2.43. The lowest BCUT2D eigenvalue weighted by Gasteiger charge is -2.08. The predicted molar refractivity (Wildman–Crippen MR) is 66.3 cm³/mol. The van der Waals surface area contributed by atoms with E-state index in [2.05, 4.69) is 15.7 Å². The van der Waals surface area contributed by atoms with Crippen LogP contribution in [0.5, 0.6) is 5.75 Å². The summed E-state index contributed by atoms with van der Waals surface area (Å²) in [5.74, 6) is 0.00123. The van der Waals surface area contributed by atoms with E-state index < -0.39 is 0 Å². The fourth-order valence-electron chi connectivity index (χ4n) is 1.16. The maximum Gasteiger partial charge on any atom is 0.278 e. The van der Waals surface area contributed by atoms with Crippen LogP contribution in [0.4, 0.5) is 0 Å². The number of nitrogens with one attached hydrogen (secondary N) is 1. The molecule has 94 valence electrons. The van der Waals surface area contributed by atoms with Crippen LogP contribution in [0, 0.1) is 0 Å². The van der Waals surface area contributed by atoms with Crippen molar-refractivity contribution < 1.29 is 9.53 Å². The highest BCUT2D eigenvalue weighted by molar-refractivity contribution is 6.35. The maximum absolute atomic E-state index is 11.5. The minimum atomic E-state index is -0.383. The fourth-order valence-corrected chi connectivity index (χ4v) is 1.63. The van der Waals surface area contributed by atoms with Crippen LogP contribution in [0.3, 0.4) is 0 Å². The smallest absolute Gasteiger partial charge is 0.278 e. The van der Waals surface area contributed by atoms with Gasteiger partial charge in [-0.1, -0.05) is 23.2 Å². The van der Waals surface area contributed by atoms with Gasteiger partial charge in [0.15, 0.2) is 6.61 Å². The molecule has 0 aliphatic rings. The van der Waals surface area contributed by atoms with Gasteiger partial charge in [-0.25, -0.2) is 5.43 Å². The number of nitrogens with zero attached hydrogens (tertiary/aromatic N) is 3. The van der Waals surface area contributed by atoms with E-state index in [0.29, 0.717) is 15.8 Å². The van der Waals surface area contributed by atoms with Crippen molar-refractivity contribution in [2.24, 2.45) is 0 Å². The number of hydrogen-bond acceptors (Lipinski definition) is 4. The van der Waals surface area contributed by atoms with Crippen molar-refractivity contribution in [2.75, 3.05) is 12.0 Å². The first kappa shape index (κ1) is 12.7. The number of aromatic nitrogens is 3. The first-order valence-electron chi connectivity index (χ1n) is 4.89. The van der Waals surface area contributed by atoms with Crippen LogP contribution in [-0.4, -0.2) is 27.6 Å². The Kier molecular flexibility index (Phi) is 4.01. The SMILES string of the molecule is O=C(COc1ccc(Cl)cc1Cl)Nn1ccnn1. The minimum Gasteiger partial charge on any atom is -0.482 e. The van der Waals surface area contributed by atoms with Crippen LogP contribution in [0.2, 0.25) is 10.0 Å². The maximum atomic E-state index is 11.5. The summed E-state index contributed by atoms with van der Waals surface area (Å²) in [5, 5.41) is 7.96. The Hall–Kier alpha value is -1.79. The molecule has 1 aromatic heterocycles. The van der Waals surface area contributed by atoms with E-state index in [-0.39, 0.29) is 12.5 Å². The van der Waals surface area contributed by atoms with Gasteiger partial charge < -0.3 is 4.74 Å². The monoisotopic (exact) mass is 286 g/mol. The first-order chi connectivity index (χ1) is 8.65. The van der Waals surface area contributed by atoms with E-state index in [1.165, 1.54) is 23.3 Å². The number of hydrogen-bond donors (Lipinski definition) is 1. The van der Waals surface area contributed by atoms with Crippen molar-refractivity contribution in [3.8, 4) is 5.75 Å². The lowest BCUT2D eigenvalue weighted by atomic mass is 10.3. The summed E-state index contributed by atoms with van der Waals surface area (Å²) in [6.07, 6.45) is 2.93. The molecule has 2 rings (SSSR count). The second kappa shape index (κ2) is 5.70. The molecule has 1 aromatic carbocycles. The summed E-state index contributed by atoms with van der Waals surface area (Å²) in [6.45, 7) is -0.193. The first-order valence-corrected chi connectivity index (χ1v) is 5.65. The molecule has 1 amide bonds. The van der Waals surface area contributed by atoms with E-state index in [4.69, 9.17) is 27.9 Å². The van der Waals surface area contributed by atoms with E-state index in [9.17, 15) is 4.79 Å². The van der Waals surface area contributed by atoms with Crippen molar-refractivity contribution in [1.82, 2.24) is 15.1 Å². The van der Waals surface area contributed by atoms with Gasteiger partial charge in [0.05, 0.1) is 17.4 Å². The second-order valence-electron chi connectivity index (χ2n) is 3.25. The third-order valence-electron chi connectivity index (χ3n) is 1.91. The summed E-state index contributed by atoms with van der Waals surface area (Å²) >= 11 is 11.6. The van der Waals surface area contributed by atoms with E-state index in [1.54, 1.807) is 12.1 Å². The molecule has 0 radical (unpaired) electrons. The average molecular weight is 287 g/mol. The Balaban J connectivity index is 1.89. The number of carbonyl (C=O) groups excluding carboxylic acids is 1. The topological polar surface area (TPSA) is 69.0 Å². The van der Waals surface area contributed by atoms with Crippen molar-refractivity contribution in [3.63, 3.8) is 0 Å². The van der Waals surface area contributed by atoms with Gasteiger partial charge >= 0.3 is 0 Å². The number of carbonyl (C=O) groups is 1. The van der Waals surface area contributed by atoms with Gasteiger partial charge in [0.25, 0.3) is 5.91 Å². The summed E-state index contributed by atoms with van der Waals surface area (Å²) in [6, 6.07) is 4.75. The fraction of sp³-hybridized carbons (Fsp3) is 0.100. The summed E-state index contributed by atoms with van der Waals surface area (Å²) in [4.78, 5) is 12.6. The Morgan fingerprint density at radius 2 is 2.28 bits per heavy atom. The number of benzene rings is 1. The molecule has 8 heteroatoms. The molecule has 2 aromatic rings. The van der Waals surface area contributed by atoms with Gasteiger partial charge in [-0.3, -0.25) is 4.79 Å². The van der Waals surface area contributed by atoms with Crippen molar-refractivity contribution in [3.05, 3.63) is 40.6 Å². The van der Waals surface area contributed by atoms with Gasteiger partial charge in [0.1, 0.15) is 5.75 Å². The molecule has 1 N–H and O–H groups in total.